The molecular weight excluding hydrogens is 532 g/mol. The number of aliphatic hydroxyl groups is 4. The van der Waals surface area contributed by atoms with E-state index in [-0.39, 0.29) is 48.7 Å². The number of rotatable bonds is 9. The Morgan fingerprint density at radius 3 is 2.60 bits per heavy atom. The molecule has 0 amide bonds. The minimum absolute atomic E-state index is 0.0227. The minimum Gasteiger partial charge on any atom is -0.471 e. The van der Waals surface area contributed by atoms with Gasteiger partial charge in [-0.05, 0) is 24.7 Å². The van der Waals surface area contributed by atoms with Gasteiger partial charge in [0.2, 0.25) is 6.29 Å². The van der Waals surface area contributed by atoms with Gasteiger partial charge in [0, 0.05) is 31.1 Å². The summed E-state index contributed by atoms with van der Waals surface area (Å²) in [5.41, 5.74) is 0.167. The first kappa shape index (κ1) is 30.4. The summed E-state index contributed by atoms with van der Waals surface area (Å²) >= 11 is 0. The summed E-state index contributed by atoms with van der Waals surface area (Å²) in [6.45, 7) is 6.70. The second-order valence-corrected chi connectivity index (χ2v) is 10.8. The molecule has 40 heavy (non-hydrogen) atoms. The summed E-state index contributed by atoms with van der Waals surface area (Å²) in [6.07, 6.45) is -5.45. The van der Waals surface area contributed by atoms with Gasteiger partial charge in [0.05, 0.1) is 31.7 Å². The van der Waals surface area contributed by atoms with Crippen LogP contribution in [0, 0.1) is 29.6 Å². The van der Waals surface area contributed by atoms with Crippen LogP contribution >= 0.6 is 0 Å². The van der Waals surface area contributed by atoms with E-state index < -0.39 is 73.5 Å². The summed E-state index contributed by atoms with van der Waals surface area (Å²) in [5, 5.41) is 40.1. The number of fused-ring (bicyclic) bond motifs is 1. The summed E-state index contributed by atoms with van der Waals surface area (Å²) in [5.74, 6) is -2.59. The molecule has 13 heteroatoms. The summed E-state index contributed by atoms with van der Waals surface area (Å²) < 4.78 is 33.2. The highest BCUT2D eigenvalue weighted by molar-refractivity contribution is 5.89. The molecule has 0 unspecified atom stereocenters. The Kier molecular flexibility index (Phi) is 9.85. The van der Waals surface area contributed by atoms with Crippen LogP contribution in [0.5, 0.6) is 0 Å². The fraction of sp³-hybridized carbons (Fsp3) is 0.741. The normalized spacial score (nSPS) is 41.1. The molecule has 4 N–H and O–H groups in total. The highest BCUT2D eigenvalue weighted by atomic mass is 16.8. The molecule has 13 nitrogen and oxygen atoms in total. The van der Waals surface area contributed by atoms with Crippen molar-refractivity contribution in [3.05, 3.63) is 24.5 Å². The first-order chi connectivity index (χ1) is 19.0. The third-order valence-electron chi connectivity index (χ3n) is 8.39. The van der Waals surface area contributed by atoms with Crippen molar-refractivity contribution in [1.29, 1.82) is 0 Å². The predicted octanol–water partition coefficient (Wildman–Crippen LogP) is -0.454. The quantitative estimate of drug-likeness (QED) is 0.159. The molecule has 224 valence electrons. The maximum absolute atomic E-state index is 13.4. The van der Waals surface area contributed by atoms with Gasteiger partial charge in [-0.25, -0.2) is 4.79 Å². The van der Waals surface area contributed by atoms with Crippen molar-refractivity contribution in [3.63, 3.8) is 0 Å². The average molecular weight is 571 g/mol. The molecule has 1 saturated carbocycles. The van der Waals surface area contributed by atoms with Crippen LogP contribution in [0.4, 0.5) is 0 Å². The van der Waals surface area contributed by atoms with Gasteiger partial charge in [-0.1, -0.05) is 13.0 Å². The first-order valence-corrected chi connectivity index (χ1v) is 13.5. The molecule has 3 fully saturated rings. The fourth-order valence-corrected chi connectivity index (χ4v) is 6.04. The van der Waals surface area contributed by atoms with Crippen LogP contribution in [0.2, 0.25) is 0 Å². The van der Waals surface area contributed by atoms with Crippen molar-refractivity contribution in [2.24, 2.45) is 29.6 Å². The van der Waals surface area contributed by atoms with Crippen LogP contribution in [0.1, 0.15) is 33.1 Å². The minimum atomic E-state index is -1.66. The van der Waals surface area contributed by atoms with Gasteiger partial charge >= 0.3 is 17.9 Å². The van der Waals surface area contributed by atoms with Gasteiger partial charge in [0.1, 0.15) is 30.5 Å². The van der Waals surface area contributed by atoms with Crippen molar-refractivity contribution in [2.75, 3.05) is 19.8 Å². The molecule has 4 aliphatic rings. The molecule has 0 aromatic heterocycles. The van der Waals surface area contributed by atoms with Crippen LogP contribution in [-0.2, 0) is 42.8 Å². The molecule has 0 aromatic carbocycles. The predicted molar refractivity (Wildman–Crippen MR) is 132 cm³/mol. The zero-order valence-corrected chi connectivity index (χ0v) is 22.5. The second-order valence-electron chi connectivity index (χ2n) is 10.8. The number of cyclic esters (lactones) is 1. The Labute approximate surface area is 231 Å². The van der Waals surface area contributed by atoms with Gasteiger partial charge in [0.25, 0.3) is 0 Å². The Bertz CT molecular complexity index is 979. The van der Waals surface area contributed by atoms with E-state index in [2.05, 4.69) is 6.58 Å². The Morgan fingerprint density at radius 2 is 1.93 bits per heavy atom. The zero-order valence-electron chi connectivity index (χ0n) is 22.5. The third kappa shape index (κ3) is 6.34. The van der Waals surface area contributed by atoms with Crippen LogP contribution in [0.25, 0.3) is 0 Å². The number of aliphatic hydroxyl groups excluding tert-OH is 4. The van der Waals surface area contributed by atoms with Crippen LogP contribution in [0.15, 0.2) is 24.5 Å². The molecular formula is C27H38O13. The monoisotopic (exact) mass is 570 g/mol. The van der Waals surface area contributed by atoms with E-state index in [1.54, 1.807) is 0 Å². The maximum atomic E-state index is 13.4. The summed E-state index contributed by atoms with van der Waals surface area (Å²) in [7, 11) is 0. The molecule has 12 atom stereocenters. The lowest BCUT2D eigenvalue weighted by atomic mass is 9.81. The Morgan fingerprint density at radius 1 is 1.18 bits per heavy atom. The van der Waals surface area contributed by atoms with E-state index in [4.69, 9.17) is 28.4 Å². The van der Waals surface area contributed by atoms with Crippen LogP contribution in [0.3, 0.4) is 0 Å². The molecule has 3 aliphatic heterocycles. The molecule has 1 aliphatic carbocycles. The standard InChI is InChI=1S/C27H38O13/c1-4-15-16(5-6-35-13(3)29)18(25(34)38-19-7-14-8-21(30)36-10-17(14)12(19)2)11-37-26(15)40-27-24(33)23(32)22(31)20(9-28)39-27/h4,11-12,14-17,19-20,22-24,26-28,31-33H,1,5-10H2,2-3H3/t12-,14-,15+,16+,17-,19+,20-,22-,23+,24-,26+,27+/m1/s1. The zero-order chi connectivity index (χ0) is 29.1. The fourth-order valence-electron chi connectivity index (χ4n) is 6.04. The smallest absolute Gasteiger partial charge is 0.337 e. The molecule has 4 rings (SSSR count). The van der Waals surface area contributed by atoms with Crippen LogP contribution in [-0.4, -0.2) is 101 Å². The summed E-state index contributed by atoms with van der Waals surface area (Å²) in [6, 6.07) is 0. The van der Waals surface area contributed by atoms with E-state index in [1.807, 2.05) is 6.92 Å². The number of carbonyl (C=O) groups is 3. The maximum Gasteiger partial charge on any atom is 0.337 e. The van der Waals surface area contributed by atoms with Gasteiger partial charge in [-0.2, -0.15) is 0 Å². The van der Waals surface area contributed by atoms with E-state index in [1.165, 1.54) is 19.3 Å². The van der Waals surface area contributed by atoms with Gasteiger partial charge in [0.15, 0.2) is 6.29 Å². The third-order valence-corrected chi connectivity index (χ3v) is 8.39. The number of hydrogen-bond acceptors (Lipinski definition) is 13. The molecule has 3 heterocycles. The molecule has 0 spiro atoms. The molecule has 0 aromatic rings. The second kappa shape index (κ2) is 13.0. The lowest BCUT2D eigenvalue weighted by molar-refractivity contribution is -0.339. The van der Waals surface area contributed by atoms with Crippen molar-refractivity contribution >= 4 is 17.9 Å². The average Bonchev–Trinajstić information content (AvgIpc) is 3.22. The first-order valence-electron chi connectivity index (χ1n) is 13.5. The van der Waals surface area contributed by atoms with Gasteiger partial charge in [-0.15, -0.1) is 6.58 Å². The number of hydrogen-bond donors (Lipinski definition) is 4. The van der Waals surface area contributed by atoms with E-state index >= 15 is 0 Å². The number of ether oxygens (including phenoxy) is 6. The highest BCUT2D eigenvalue weighted by Crippen LogP contribution is 2.44. The lowest BCUT2D eigenvalue weighted by Crippen LogP contribution is -2.60. The molecule has 2 saturated heterocycles. The molecule has 0 bridgehead atoms. The van der Waals surface area contributed by atoms with E-state index in [0.717, 1.165) is 0 Å². The molecule has 0 radical (unpaired) electrons. The number of carbonyl (C=O) groups excluding carboxylic acids is 3. The van der Waals surface area contributed by atoms with Gasteiger partial charge in [-0.3, -0.25) is 9.59 Å². The van der Waals surface area contributed by atoms with Crippen molar-refractivity contribution < 1.29 is 63.2 Å². The van der Waals surface area contributed by atoms with E-state index in [0.29, 0.717) is 13.0 Å². The highest BCUT2D eigenvalue weighted by Gasteiger charge is 2.49. The van der Waals surface area contributed by atoms with Crippen molar-refractivity contribution in [2.45, 2.75) is 76.2 Å². The van der Waals surface area contributed by atoms with Crippen molar-refractivity contribution in [1.82, 2.24) is 0 Å². The van der Waals surface area contributed by atoms with Crippen molar-refractivity contribution in [3.8, 4) is 0 Å². The largest absolute Gasteiger partial charge is 0.471 e. The van der Waals surface area contributed by atoms with E-state index in [9.17, 15) is 34.8 Å². The SMILES string of the molecule is C=C[C@@H]1[C@H](O[C@@H]2O[C@H](CO)[C@@H](O)[C@H](O)[C@H]2O)OC=C(C(=O)O[C@H]2C[C@@H]3CC(=O)OC[C@@H]3[C@H]2C)[C@H]1CCOC(C)=O. The topological polar surface area (TPSA) is 188 Å². The van der Waals surface area contributed by atoms with Gasteiger partial charge < -0.3 is 48.8 Å². The Hall–Kier alpha value is -2.55. The summed E-state index contributed by atoms with van der Waals surface area (Å²) in [4.78, 5) is 36.6. The lowest BCUT2D eigenvalue weighted by Gasteiger charge is -2.43. The van der Waals surface area contributed by atoms with Crippen LogP contribution < -0.4 is 0 Å². The Balaban J connectivity index is 1.50. The number of esters is 3.